The van der Waals surface area contributed by atoms with Gasteiger partial charge in [0.1, 0.15) is 0 Å². The Morgan fingerprint density at radius 3 is 2.84 bits per heavy atom. The summed E-state index contributed by atoms with van der Waals surface area (Å²) in [6, 6.07) is 4.18. The molecule has 2 aromatic rings. The molecule has 19 heavy (non-hydrogen) atoms. The molecule has 1 N–H and O–H groups in total. The molecule has 0 saturated carbocycles. The molecule has 0 bridgehead atoms. The van der Waals surface area contributed by atoms with E-state index in [0.29, 0.717) is 5.89 Å². The van der Waals surface area contributed by atoms with E-state index < -0.39 is 0 Å². The second kappa shape index (κ2) is 5.09. The van der Waals surface area contributed by atoms with Crippen molar-refractivity contribution in [2.24, 2.45) is 0 Å². The minimum atomic E-state index is 0.227. The number of nitrogens with one attached hydrogen (secondary N) is 1. The lowest BCUT2D eigenvalue weighted by Gasteiger charge is -2.19. The van der Waals surface area contributed by atoms with Gasteiger partial charge in [0.25, 0.3) is 5.89 Å². The van der Waals surface area contributed by atoms with Gasteiger partial charge in [0.2, 0.25) is 0 Å². The number of aromatic nitrogens is 3. The first-order chi connectivity index (χ1) is 9.24. The van der Waals surface area contributed by atoms with Crippen LogP contribution in [0.5, 0.6) is 0 Å². The van der Waals surface area contributed by atoms with E-state index in [2.05, 4.69) is 20.4 Å². The summed E-state index contributed by atoms with van der Waals surface area (Å²) in [6.07, 6.45) is 3.51. The molecule has 100 valence electrons. The molecule has 5 nitrogen and oxygen atoms in total. The highest BCUT2D eigenvalue weighted by atomic mass is 16.5. The standard InChI is InChI=1S/C14H18N4O/c1-9-6-7-11(10(2)16-9)14-17-13(18-19-14)12-5-3-4-8-15-12/h6-7,12,15H,3-5,8H2,1-2H3. The molecule has 0 amide bonds. The molecule has 0 aromatic carbocycles. The van der Waals surface area contributed by atoms with Gasteiger partial charge in [0.05, 0.1) is 17.3 Å². The minimum absolute atomic E-state index is 0.227. The number of rotatable bonds is 2. The molecule has 1 aliphatic heterocycles. The zero-order chi connectivity index (χ0) is 13.2. The van der Waals surface area contributed by atoms with Crippen LogP contribution < -0.4 is 5.32 Å². The lowest BCUT2D eigenvalue weighted by Crippen LogP contribution is -2.27. The highest BCUT2D eigenvalue weighted by molar-refractivity contribution is 5.55. The van der Waals surface area contributed by atoms with Crippen molar-refractivity contribution in [3.8, 4) is 11.5 Å². The average Bonchev–Trinajstić information content (AvgIpc) is 2.89. The lowest BCUT2D eigenvalue weighted by atomic mass is 10.0. The summed E-state index contributed by atoms with van der Waals surface area (Å²) in [7, 11) is 0. The third-order valence-corrected chi connectivity index (χ3v) is 3.52. The Labute approximate surface area is 112 Å². The number of pyridine rings is 1. The monoisotopic (exact) mass is 258 g/mol. The molecule has 1 aliphatic rings. The van der Waals surface area contributed by atoms with Crippen molar-refractivity contribution in [1.82, 2.24) is 20.4 Å². The third-order valence-electron chi connectivity index (χ3n) is 3.52. The van der Waals surface area contributed by atoms with Crippen molar-refractivity contribution in [2.45, 2.75) is 39.2 Å². The van der Waals surface area contributed by atoms with Crippen LogP contribution in [0.4, 0.5) is 0 Å². The van der Waals surface area contributed by atoms with Gasteiger partial charge < -0.3 is 9.84 Å². The van der Waals surface area contributed by atoms with Crippen LogP contribution in [0.1, 0.15) is 42.5 Å². The normalized spacial score (nSPS) is 19.6. The zero-order valence-corrected chi connectivity index (χ0v) is 11.3. The van der Waals surface area contributed by atoms with E-state index in [4.69, 9.17) is 4.52 Å². The highest BCUT2D eigenvalue weighted by Crippen LogP contribution is 2.25. The van der Waals surface area contributed by atoms with Crippen LogP contribution in [0.15, 0.2) is 16.7 Å². The molecule has 2 aromatic heterocycles. The number of hydrogen-bond acceptors (Lipinski definition) is 5. The largest absolute Gasteiger partial charge is 0.334 e. The summed E-state index contributed by atoms with van der Waals surface area (Å²) in [5.74, 6) is 1.32. The molecular weight excluding hydrogens is 240 g/mol. The van der Waals surface area contributed by atoms with Gasteiger partial charge >= 0.3 is 0 Å². The number of aryl methyl sites for hydroxylation is 2. The van der Waals surface area contributed by atoms with Crippen molar-refractivity contribution in [3.05, 3.63) is 29.3 Å². The van der Waals surface area contributed by atoms with E-state index in [-0.39, 0.29) is 6.04 Å². The first-order valence-corrected chi connectivity index (χ1v) is 6.75. The molecule has 0 aliphatic carbocycles. The summed E-state index contributed by atoms with van der Waals surface area (Å²) in [6.45, 7) is 4.96. The lowest BCUT2D eigenvalue weighted by molar-refractivity contribution is 0.367. The van der Waals surface area contributed by atoms with Crippen LogP contribution >= 0.6 is 0 Å². The number of hydrogen-bond donors (Lipinski definition) is 1. The van der Waals surface area contributed by atoms with Gasteiger partial charge in [-0.1, -0.05) is 11.6 Å². The summed E-state index contributed by atoms with van der Waals surface area (Å²) >= 11 is 0. The van der Waals surface area contributed by atoms with Gasteiger partial charge in [-0.25, -0.2) is 0 Å². The van der Waals surface area contributed by atoms with Gasteiger partial charge in [0, 0.05) is 5.69 Å². The van der Waals surface area contributed by atoms with Crippen LogP contribution in [0.3, 0.4) is 0 Å². The quantitative estimate of drug-likeness (QED) is 0.896. The smallest absolute Gasteiger partial charge is 0.259 e. The second-order valence-corrected chi connectivity index (χ2v) is 5.05. The molecule has 1 unspecified atom stereocenters. The highest BCUT2D eigenvalue weighted by Gasteiger charge is 2.21. The van der Waals surface area contributed by atoms with E-state index in [1.807, 2.05) is 26.0 Å². The average molecular weight is 258 g/mol. The van der Waals surface area contributed by atoms with Crippen molar-refractivity contribution >= 4 is 0 Å². The SMILES string of the molecule is Cc1ccc(-c2nc(C3CCCCN3)no2)c(C)n1. The van der Waals surface area contributed by atoms with Gasteiger partial charge in [-0.3, -0.25) is 4.98 Å². The van der Waals surface area contributed by atoms with Crippen LogP contribution in [0.2, 0.25) is 0 Å². The first kappa shape index (κ1) is 12.3. The zero-order valence-electron chi connectivity index (χ0n) is 11.3. The summed E-state index contributed by atoms with van der Waals surface area (Å²) in [5.41, 5.74) is 2.84. The molecule has 1 saturated heterocycles. The van der Waals surface area contributed by atoms with Crippen LogP contribution in [0.25, 0.3) is 11.5 Å². The predicted molar refractivity (Wildman–Crippen MR) is 71.6 cm³/mol. The van der Waals surface area contributed by atoms with Crippen molar-refractivity contribution < 1.29 is 4.52 Å². The predicted octanol–water partition coefficient (Wildman–Crippen LogP) is 2.56. The number of piperidine rings is 1. The Bertz CT molecular complexity index is 573. The van der Waals surface area contributed by atoms with Crippen LogP contribution in [0, 0.1) is 13.8 Å². The summed E-state index contributed by atoms with van der Waals surface area (Å²) < 4.78 is 5.38. The summed E-state index contributed by atoms with van der Waals surface area (Å²) in [4.78, 5) is 8.94. The van der Waals surface area contributed by atoms with E-state index in [1.165, 1.54) is 12.8 Å². The Morgan fingerprint density at radius 2 is 2.11 bits per heavy atom. The van der Waals surface area contributed by atoms with E-state index in [9.17, 15) is 0 Å². The Balaban J connectivity index is 1.87. The third kappa shape index (κ3) is 2.51. The maximum Gasteiger partial charge on any atom is 0.259 e. The Kier molecular flexibility index (Phi) is 3.29. The van der Waals surface area contributed by atoms with E-state index >= 15 is 0 Å². The van der Waals surface area contributed by atoms with E-state index in [1.54, 1.807) is 0 Å². The van der Waals surface area contributed by atoms with Crippen LogP contribution in [-0.2, 0) is 0 Å². The molecule has 5 heteroatoms. The fourth-order valence-electron chi connectivity index (χ4n) is 2.47. The Hall–Kier alpha value is -1.75. The molecule has 3 heterocycles. The molecule has 3 rings (SSSR count). The minimum Gasteiger partial charge on any atom is -0.334 e. The molecule has 0 spiro atoms. The number of nitrogens with zero attached hydrogens (tertiary/aromatic N) is 3. The molecular formula is C14H18N4O. The van der Waals surface area contributed by atoms with Gasteiger partial charge in [-0.05, 0) is 45.4 Å². The fraction of sp³-hybridized carbons (Fsp3) is 0.500. The first-order valence-electron chi connectivity index (χ1n) is 6.75. The van der Waals surface area contributed by atoms with Crippen molar-refractivity contribution in [3.63, 3.8) is 0 Å². The van der Waals surface area contributed by atoms with Gasteiger partial charge in [0.15, 0.2) is 5.82 Å². The maximum absolute atomic E-state index is 5.38. The molecule has 0 radical (unpaired) electrons. The van der Waals surface area contributed by atoms with Gasteiger partial charge in [-0.2, -0.15) is 4.98 Å². The van der Waals surface area contributed by atoms with Crippen molar-refractivity contribution in [2.75, 3.05) is 6.54 Å². The molecule has 1 fully saturated rings. The molecule has 1 atom stereocenters. The Morgan fingerprint density at radius 1 is 1.21 bits per heavy atom. The fourth-order valence-corrected chi connectivity index (χ4v) is 2.47. The van der Waals surface area contributed by atoms with E-state index in [0.717, 1.165) is 35.7 Å². The second-order valence-electron chi connectivity index (χ2n) is 5.05. The van der Waals surface area contributed by atoms with Crippen LogP contribution in [-0.4, -0.2) is 21.7 Å². The maximum atomic E-state index is 5.38. The summed E-state index contributed by atoms with van der Waals surface area (Å²) in [5, 5.41) is 7.53. The topological polar surface area (TPSA) is 63.8 Å². The van der Waals surface area contributed by atoms with Gasteiger partial charge in [-0.15, -0.1) is 0 Å². The van der Waals surface area contributed by atoms with Crippen molar-refractivity contribution in [1.29, 1.82) is 0 Å².